The second-order valence-electron chi connectivity index (χ2n) is 6.81. The molecule has 1 fully saturated rings. The molecule has 1 aliphatic rings. The van der Waals surface area contributed by atoms with Crippen molar-refractivity contribution in [1.29, 1.82) is 0 Å². The van der Waals surface area contributed by atoms with Crippen LogP contribution in [0.1, 0.15) is 40.6 Å². The Hall–Kier alpha value is -2.58. The van der Waals surface area contributed by atoms with Crippen LogP contribution in [0.2, 0.25) is 0 Å². The summed E-state index contributed by atoms with van der Waals surface area (Å²) in [7, 11) is 0. The van der Waals surface area contributed by atoms with Crippen LogP contribution in [0.4, 0.5) is 5.13 Å². The Bertz CT molecular complexity index is 940. The Morgan fingerprint density at radius 2 is 1.96 bits per heavy atom. The Morgan fingerprint density at radius 1 is 1.22 bits per heavy atom. The van der Waals surface area contributed by atoms with Crippen molar-refractivity contribution >= 4 is 22.4 Å². The first kappa shape index (κ1) is 17.8. The third-order valence-corrected chi connectivity index (χ3v) is 5.63. The number of nitrogens with one attached hydrogen (secondary N) is 2. The van der Waals surface area contributed by atoms with Crippen LogP contribution in [-0.4, -0.2) is 39.0 Å². The molecule has 0 unspecified atom stereocenters. The minimum Gasteiger partial charge on any atom is -0.317 e. The Balaban J connectivity index is 1.48. The van der Waals surface area contributed by atoms with Gasteiger partial charge in [0.25, 0.3) is 5.91 Å². The average molecular weight is 382 g/mol. The number of benzene rings is 1. The van der Waals surface area contributed by atoms with Gasteiger partial charge in [-0.3, -0.25) is 10.1 Å². The molecule has 4 rings (SSSR count). The van der Waals surface area contributed by atoms with Crippen molar-refractivity contribution < 1.29 is 4.79 Å². The summed E-state index contributed by atoms with van der Waals surface area (Å²) in [5.74, 6) is -0.266. The van der Waals surface area contributed by atoms with E-state index < -0.39 is 0 Å². The first-order valence-corrected chi connectivity index (χ1v) is 9.96. The summed E-state index contributed by atoms with van der Waals surface area (Å²) in [4.78, 5) is 17.2. The molecule has 0 spiro atoms. The highest BCUT2D eigenvalue weighted by molar-refractivity contribution is 7.14. The lowest BCUT2D eigenvalue weighted by atomic mass is 10.1. The number of piperidine rings is 1. The molecule has 1 aromatic carbocycles. The number of hydrogen-bond donors (Lipinski definition) is 2. The van der Waals surface area contributed by atoms with Crippen molar-refractivity contribution in [3.05, 3.63) is 46.6 Å². The van der Waals surface area contributed by atoms with E-state index in [4.69, 9.17) is 0 Å². The standard InChI is InChI=1S/C19H22N6OS/c1-12-3-5-14(6-4-12)16-11-27-19(21-16)22-18(26)17-13(2)25(24-23-17)15-7-9-20-10-8-15/h3-6,11,15,20H,7-10H2,1-2H3,(H,21,22,26). The fourth-order valence-corrected chi connectivity index (χ4v) is 4.01. The molecule has 1 aliphatic heterocycles. The molecule has 0 aliphatic carbocycles. The molecule has 3 aromatic rings. The number of aryl methyl sites for hydroxylation is 1. The van der Waals surface area contributed by atoms with Crippen molar-refractivity contribution in [2.24, 2.45) is 0 Å². The van der Waals surface area contributed by atoms with E-state index in [0.29, 0.717) is 16.9 Å². The van der Waals surface area contributed by atoms with Gasteiger partial charge in [0.15, 0.2) is 10.8 Å². The number of amides is 1. The summed E-state index contributed by atoms with van der Waals surface area (Å²) in [6.07, 6.45) is 2.00. The van der Waals surface area contributed by atoms with E-state index in [1.54, 1.807) is 0 Å². The number of hydrogen-bond acceptors (Lipinski definition) is 6. The molecule has 2 N–H and O–H groups in total. The number of aromatic nitrogens is 4. The lowest BCUT2D eigenvalue weighted by molar-refractivity contribution is 0.102. The lowest BCUT2D eigenvalue weighted by Crippen LogP contribution is -2.30. The van der Waals surface area contributed by atoms with Gasteiger partial charge in [-0.05, 0) is 39.8 Å². The van der Waals surface area contributed by atoms with E-state index in [0.717, 1.165) is 42.9 Å². The molecule has 0 atom stereocenters. The van der Waals surface area contributed by atoms with Gasteiger partial charge in [-0.2, -0.15) is 0 Å². The van der Waals surface area contributed by atoms with E-state index in [2.05, 4.69) is 45.0 Å². The van der Waals surface area contributed by atoms with Gasteiger partial charge in [0.1, 0.15) is 0 Å². The maximum atomic E-state index is 12.6. The molecule has 1 amide bonds. The fourth-order valence-electron chi connectivity index (χ4n) is 3.29. The molecule has 7 nitrogen and oxygen atoms in total. The Morgan fingerprint density at radius 3 is 2.70 bits per heavy atom. The zero-order chi connectivity index (χ0) is 18.8. The van der Waals surface area contributed by atoms with Crippen molar-refractivity contribution in [2.45, 2.75) is 32.7 Å². The molecule has 0 bridgehead atoms. The van der Waals surface area contributed by atoms with Crippen LogP contribution in [0.15, 0.2) is 29.6 Å². The zero-order valence-electron chi connectivity index (χ0n) is 15.4. The van der Waals surface area contributed by atoms with E-state index in [1.165, 1.54) is 16.9 Å². The Labute approximate surface area is 161 Å². The molecule has 140 valence electrons. The smallest absolute Gasteiger partial charge is 0.279 e. The zero-order valence-corrected chi connectivity index (χ0v) is 16.2. The van der Waals surface area contributed by atoms with Crippen LogP contribution >= 0.6 is 11.3 Å². The highest BCUT2D eigenvalue weighted by Gasteiger charge is 2.23. The predicted molar refractivity (Wildman–Crippen MR) is 106 cm³/mol. The molecule has 3 heterocycles. The van der Waals surface area contributed by atoms with E-state index in [-0.39, 0.29) is 5.91 Å². The van der Waals surface area contributed by atoms with Crippen LogP contribution in [0.3, 0.4) is 0 Å². The third-order valence-electron chi connectivity index (χ3n) is 4.87. The maximum Gasteiger partial charge on any atom is 0.279 e. The number of thiazole rings is 1. The summed E-state index contributed by atoms with van der Waals surface area (Å²) >= 11 is 1.41. The number of nitrogens with zero attached hydrogens (tertiary/aromatic N) is 4. The second kappa shape index (κ2) is 7.58. The van der Waals surface area contributed by atoms with Gasteiger partial charge in [-0.1, -0.05) is 35.0 Å². The number of carbonyl (C=O) groups is 1. The van der Waals surface area contributed by atoms with Crippen LogP contribution in [-0.2, 0) is 0 Å². The van der Waals surface area contributed by atoms with Crippen molar-refractivity contribution in [3.63, 3.8) is 0 Å². The van der Waals surface area contributed by atoms with Crippen molar-refractivity contribution in [1.82, 2.24) is 25.3 Å². The minimum atomic E-state index is -0.266. The normalized spacial score (nSPS) is 15.0. The summed E-state index contributed by atoms with van der Waals surface area (Å²) in [5.41, 5.74) is 4.25. The molecule has 8 heteroatoms. The predicted octanol–water partition coefficient (Wildman–Crippen LogP) is 3.20. The molecular formula is C19H22N6OS. The topological polar surface area (TPSA) is 84.7 Å². The molecule has 27 heavy (non-hydrogen) atoms. The van der Waals surface area contributed by atoms with Gasteiger partial charge in [0.2, 0.25) is 0 Å². The van der Waals surface area contributed by atoms with E-state index >= 15 is 0 Å². The van der Waals surface area contributed by atoms with Gasteiger partial charge >= 0.3 is 0 Å². The molecule has 1 saturated heterocycles. The van der Waals surface area contributed by atoms with Crippen LogP contribution in [0.25, 0.3) is 11.3 Å². The molecule has 2 aromatic heterocycles. The molecule has 0 radical (unpaired) electrons. The van der Waals surface area contributed by atoms with Gasteiger partial charge in [0.05, 0.1) is 17.4 Å². The average Bonchev–Trinajstić information content (AvgIpc) is 3.30. The molecular weight excluding hydrogens is 360 g/mol. The summed E-state index contributed by atoms with van der Waals surface area (Å²) in [5, 5.41) is 17.0. The van der Waals surface area contributed by atoms with E-state index in [9.17, 15) is 4.79 Å². The van der Waals surface area contributed by atoms with Gasteiger partial charge in [-0.15, -0.1) is 16.4 Å². The highest BCUT2D eigenvalue weighted by atomic mass is 32.1. The minimum absolute atomic E-state index is 0.266. The summed E-state index contributed by atoms with van der Waals surface area (Å²) in [6.45, 7) is 5.88. The third kappa shape index (κ3) is 3.77. The van der Waals surface area contributed by atoms with Gasteiger partial charge in [-0.25, -0.2) is 9.67 Å². The number of rotatable bonds is 4. The van der Waals surface area contributed by atoms with Crippen molar-refractivity contribution in [2.75, 3.05) is 18.4 Å². The van der Waals surface area contributed by atoms with Crippen molar-refractivity contribution in [3.8, 4) is 11.3 Å². The summed E-state index contributed by atoms with van der Waals surface area (Å²) in [6, 6.07) is 8.47. The van der Waals surface area contributed by atoms with Crippen LogP contribution in [0.5, 0.6) is 0 Å². The fraction of sp³-hybridized carbons (Fsp3) is 0.368. The second-order valence-corrected chi connectivity index (χ2v) is 7.67. The lowest BCUT2D eigenvalue weighted by Gasteiger charge is -2.23. The van der Waals surface area contributed by atoms with Crippen LogP contribution in [0, 0.1) is 13.8 Å². The van der Waals surface area contributed by atoms with Gasteiger partial charge in [0, 0.05) is 10.9 Å². The highest BCUT2D eigenvalue weighted by Crippen LogP contribution is 2.26. The first-order valence-electron chi connectivity index (χ1n) is 9.08. The quantitative estimate of drug-likeness (QED) is 0.724. The van der Waals surface area contributed by atoms with Crippen LogP contribution < -0.4 is 10.6 Å². The largest absolute Gasteiger partial charge is 0.317 e. The summed E-state index contributed by atoms with van der Waals surface area (Å²) < 4.78 is 1.88. The first-order chi connectivity index (χ1) is 13.1. The number of anilines is 1. The monoisotopic (exact) mass is 382 g/mol. The SMILES string of the molecule is Cc1ccc(-c2csc(NC(=O)c3nnn(C4CCNCC4)c3C)n2)cc1. The maximum absolute atomic E-state index is 12.6. The van der Waals surface area contributed by atoms with E-state index in [1.807, 2.05) is 29.1 Å². The number of carbonyl (C=O) groups excluding carboxylic acids is 1. The van der Waals surface area contributed by atoms with Gasteiger partial charge < -0.3 is 5.32 Å². The molecule has 0 saturated carbocycles. The Kier molecular flexibility index (Phi) is 5.00.